The molecule has 1 aliphatic rings. The molecule has 1 heterocycles. The van der Waals surface area contributed by atoms with Crippen LogP contribution >= 0.6 is 0 Å². The number of aliphatic hydroxyl groups excluding tert-OH is 1. The van der Waals surface area contributed by atoms with Crippen LogP contribution < -0.4 is 5.32 Å². The summed E-state index contributed by atoms with van der Waals surface area (Å²) in [4.78, 5) is 12.8. The molecule has 0 aromatic carbocycles. The Labute approximate surface area is 109 Å². The second-order valence-electron chi connectivity index (χ2n) is 5.17. The molecule has 1 rings (SSSR count). The predicted octanol–water partition coefficient (Wildman–Crippen LogP) is 0.534. The molecule has 2 atom stereocenters. The normalized spacial score (nSPS) is 25.2. The van der Waals surface area contributed by atoms with Crippen molar-refractivity contribution in [3.05, 3.63) is 0 Å². The van der Waals surface area contributed by atoms with E-state index in [1.807, 2.05) is 0 Å². The fourth-order valence-corrected chi connectivity index (χ4v) is 2.63. The van der Waals surface area contributed by atoms with E-state index in [0.29, 0.717) is 18.5 Å². The van der Waals surface area contributed by atoms with Gasteiger partial charge in [0.25, 0.3) is 0 Å². The number of rotatable bonds is 8. The van der Waals surface area contributed by atoms with E-state index in [1.165, 1.54) is 0 Å². The second-order valence-corrected chi connectivity index (χ2v) is 5.17. The molecule has 2 unspecified atom stereocenters. The van der Waals surface area contributed by atoms with E-state index in [1.54, 1.807) is 0 Å². The molecule has 0 radical (unpaired) electrons. The van der Waals surface area contributed by atoms with Crippen LogP contribution in [-0.4, -0.2) is 59.9 Å². The Hall–Kier alpha value is -0.650. The van der Waals surface area contributed by atoms with Gasteiger partial charge in [0.05, 0.1) is 6.42 Å². The molecule has 0 saturated carbocycles. The van der Waals surface area contributed by atoms with Crippen molar-refractivity contribution in [1.82, 2.24) is 10.2 Å². The molecule has 1 saturated heterocycles. The van der Waals surface area contributed by atoms with Crippen LogP contribution in [0.2, 0.25) is 0 Å². The molecule has 1 aliphatic heterocycles. The standard InChI is InChI=1S/C13H26N2O3/c1-2-5-14-12-8-11(4-7-16)9-15(10-12)6-3-13(17)18/h11-12,14,16H,2-10H2,1H3,(H,17,18). The molecule has 106 valence electrons. The molecule has 0 aromatic heterocycles. The summed E-state index contributed by atoms with van der Waals surface area (Å²) in [5, 5.41) is 21.3. The van der Waals surface area contributed by atoms with Crippen LogP contribution in [0.3, 0.4) is 0 Å². The van der Waals surface area contributed by atoms with E-state index in [0.717, 1.165) is 38.9 Å². The average Bonchev–Trinajstić information content (AvgIpc) is 2.34. The van der Waals surface area contributed by atoms with E-state index in [9.17, 15) is 4.79 Å². The number of likely N-dealkylation sites (tertiary alicyclic amines) is 1. The number of carbonyl (C=O) groups is 1. The number of aliphatic hydroxyl groups is 1. The highest BCUT2D eigenvalue weighted by Crippen LogP contribution is 2.20. The highest BCUT2D eigenvalue weighted by Gasteiger charge is 2.26. The molecule has 0 bridgehead atoms. The largest absolute Gasteiger partial charge is 0.481 e. The molecule has 0 amide bonds. The molecule has 5 heteroatoms. The molecule has 0 aromatic rings. The smallest absolute Gasteiger partial charge is 0.304 e. The molecule has 1 fully saturated rings. The van der Waals surface area contributed by atoms with Gasteiger partial charge >= 0.3 is 5.97 Å². The minimum Gasteiger partial charge on any atom is -0.481 e. The number of carboxylic acids is 1. The summed E-state index contributed by atoms with van der Waals surface area (Å²) in [7, 11) is 0. The van der Waals surface area contributed by atoms with Gasteiger partial charge in [-0.3, -0.25) is 4.79 Å². The summed E-state index contributed by atoms with van der Waals surface area (Å²) < 4.78 is 0. The van der Waals surface area contributed by atoms with Crippen molar-refractivity contribution in [2.24, 2.45) is 5.92 Å². The second kappa shape index (κ2) is 8.45. The summed E-state index contributed by atoms with van der Waals surface area (Å²) >= 11 is 0. The number of nitrogens with one attached hydrogen (secondary N) is 1. The van der Waals surface area contributed by atoms with Crippen molar-refractivity contribution in [1.29, 1.82) is 0 Å². The van der Waals surface area contributed by atoms with Gasteiger partial charge in [0.1, 0.15) is 0 Å². The number of carboxylic acid groups (broad SMARTS) is 1. The quantitative estimate of drug-likeness (QED) is 0.592. The van der Waals surface area contributed by atoms with Crippen LogP contribution in [0.5, 0.6) is 0 Å². The number of hydrogen-bond acceptors (Lipinski definition) is 4. The summed E-state index contributed by atoms with van der Waals surface area (Å²) in [6, 6.07) is 0.434. The zero-order chi connectivity index (χ0) is 13.4. The molecular weight excluding hydrogens is 232 g/mol. The van der Waals surface area contributed by atoms with E-state index in [-0.39, 0.29) is 13.0 Å². The third-order valence-electron chi connectivity index (χ3n) is 3.48. The fourth-order valence-electron chi connectivity index (χ4n) is 2.63. The lowest BCUT2D eigenvalue weighted by Gasteiger charge is -2.38. The lowest BCUT2D eigenvalue weighted by molar-refractivity contribution is -0.137. The Morgan fingerprint density at radius 3 is 2.83 bits per heavy atom. The molecule has 0 spiro atoms. The van der Waals surface area contributed by atoms with Crippen molar-refractivity contribution in [2.45, 2.75) is 38.6 Å². The van der Waals surface area contributed by atoms with Crippen LogP contribution in [-0.2, 0) is 4.79 Å². The molecule has 18 heavy (non-hydrogen) atoms. The SMILES string of the molecule is CCCNC1CC(CCO)CN(CCC(=O)O)C1. The first-order valence-corrected chi connectivity index (χ1v) is 6.94. The Morgan fingerprint density at radius 2 is 2.22 bits per heavy atom. The van der Waals surface area contributed by atoms with Crippen molar-refractivity contribution in [2.75, 3.05) is 32.8 Å². The zero-order valence-corrected chi connectivity index (χ0v) is 11.3. The van der Waals surface area contributed by atoms with Crippen molar-refractivity contribution >= 4 is 5.97 Å². The third kappa shape index (κ3) is 5.80. The number of aliphatic carboxylic acids is 1. The maximum absolute atomic E-state index is 10.6. The number of piperidine rings is 1. The zero-order valence-electron chi connectivity index (χ0n) is 11.3. The Morgan fingerprint density at radius 1 is 1.44 bits per heavy atom. The van der Waals surface area contributed by atoms with E-state index in [2.05, 4.69) is 17.1 Å². The summed E-state index contributed by atoms with van der Waals surface area (Å²) in [6.45, 7) is 5.82. The Kier molecular flexibility index (Phi) is 7.23. The van der Waals surface area contributed by atoms with Gasteiger partial charge in [0.2, 0.25) is 0 Å². The monoisotopic (exact) mass is 258 g/mol. The van der Waals surface area contributed by atoms with Crippen LogP contribution in [0.25, 0.3) is 0 Å². The number of nitrogens with zero attached hydrogens (tertiary/aromatic N) is 1. The van der Waals surface area contributed by atoms with Gasteiger partial charge in [-0.05, 0) is 31.7 Å². The first-order valence-electron chi connectivity index (χ1n) is 6.94. The van der Waals surface area contributed by atoms with Gasteiger partial charge in [-0.15, -0.1) is 0 Å². The third-order valence-corrected chi connectivity index (χ3v) is 3.48. The van der Waals surface area contributed by atoms with Crippen molar-refractivity contribution < 1.29 is 15.0 Å². The minimum atomic E-state index is -0.739. The lowest BCUT2D eigenvalue weighted by Crippen LogP contribution is -2.50. The Balaban J connectivity index is 2.42. The summed E-state index contributed by atoms with van der Waals surface area (Å²) in [5.41, 5.74) is 0. The van der Waals surface area contributed by atoms with Gasteiger partial charge in [-0.25, -0.2) is 0 Å². The first kappa shape index (κ1) is 15.4. The average molecular weight is 258 g/mol. The topological polar surface area (TPSA) is 72.8 Å². The van der Waals surface area contributed by atoms with Crippen LogP contribution in [0.15, 0.2) is 0 Å². The number of hydrogen-bond donors (Lipinski definition) is 3. The summed E-state index contributed by atoms with van der Waals surface area (Å²) in [6.07, 6.45) is 3.21. The highest BCUT2D eigenvalue weighted by atomic mass is 16.4. The molecule has 5 nitrogen and oxygen atoms in total. The predicted molar refractivity (Wildman–Crippen MR) is 70.6 cm³/mol. The maximum Gasteiger partial charge on any atom is 0.304 e. The lowest BCUT2D eigenvalue weighted by atomic mass is 9.91. The maximum atomic E-state index is 10.6. The minimum absolute atomic E-state index is 0.201. The van der Waals surface area contributed by atoms with E-state index < -0.39 is 5.97 Å². The van der Waals surface area contributed by atoms with E-state index >= 15 is 0 Å². The van der Waals surface area contributed by atoms with Gasteiger partial charge in [-0.2, -0.15) is 0 Å². The van der Waals surface area contributed by atoms with Crippen molar-refractivity contribution in [3.63, 3.8) is 0 Å². The van der Waals surface area contributed by atoms with Crippen LogP contribution in [0, 0.1) is 5.92 Å². The van der Waals surface area contributed by atoms with Gasteiger partial charge in [0.15, 0.2) is 0 Å². The van der Waals surface area contributed by atoms with Gasteiger partial charge < -0.3 is 20.4 Å². The van der Waals surface area contributed by atoms with Crippen LogP contribution in [0.1, 0.15) is 32.6 Å². The van der Waals surface area contributed by atoms with Gasteiger partial charge in [0, 0.05) is 32.3 Å². The van der Waals surface area contributed by atoms with E-state index in [4.69, 9.17) is 10.2 Å². The van der Waals surface area contributed by atoms with Gasteiger partial charge in [-0.1, -0.05) is 6.92 Å². The first-order chi connectivity index (χ1) is 8.65. The molecule has 0 aliphatic carbocycles. The fraction of sp³-hybridized carbons (Fsp3) is 0.923. The van der Waals surface area contributed by atoms with Crippen molar-refractivity contribution in [3.8, 4) is 0 Å². The molecule has 3 N–H and O–H groups in total. The summed E-state index contributed by atoms with van der Waals surface area (Å²) in [5.74, 6) is -0.260. The Bertz CT molecular complexity index is 248. The van der Waals surface area contributed by atoms with Crippen LogP contribution in [0.4, 0.5) is 0 Å². The molecular formula is C13H26N2O3. The highest BCUT2D eigenvalue weighted by molar-refractivity contribution is 5.66.